The molecule has 1 unspecified atom stereocenters. The van der Waals surface area contributed by atoms with Crippen LogP contribution in [0.5, 0.6) is 0 Å². The summed E-state index contributed by atoms with van der Waals surface area (Å²) in [6.45, 7) is 7.75. The molecule has 4 heterocycles. The van der Waals surface area contributed by atoms with Crippen LogP contribution >= 0.6 is 0 Å². The molecule has 0 bridgehead atoms. The molecule has 2 aromatic heterocycles. The minimum Gasteiger partial charge on any atom is -0.355 e. The van der Waals surface area contributed by atoms with Crippen LogP contribution < -0.4 is 4.90 Å². The molecule has 24 heavy (non-hydrogen) atoms. The number of rotatable bonds is 2. The standard InChI is InChI=1S/C18H25N5O/c1-3-18-10-22(13(2)24)8-5-14(18)6-9-23(11-18)17-15-4-7-19-16(15)20-12-21-17/h4,7,12,14H,3,5-6,8-11H2,1-2H3,(H,19,20,21)/t14?,18-/m1/s1. The number of hydrogen-bond acceptors (Lipinski definition) is 4. The van der Waals surface area contributed by atoms with Crippen LogP contribution in [0.4, 0.5) is 5.82 Å². The fraction of sp³-hybridized carbons (Fsp3) is 0.611. The van der Waals surface area contributed by atoms with Crippen LogP contribution in [0.15, 0.2) is 18.6 Å². The predicted octanol–water partition coefficient (Wildman–Crippen LogP) is 2.43. The summed E-state index contributed by atoms with van der Waals surface area (Å²) in [4.78, 5) is 28.4. The summed E-state index contributed by atoms with van der Waals surface area (Å²) in [6, 6.07) is 2.05. The summed E-state index contributed by atoms with van der Waals surface area (Å²) in [5, 5.41) is 1.08. The van der Waals surface area contributed by atoms with E-state index in [2.05, 4.69) is 32.8 Å². The molecule has 2 atom stereocenters. The van der Waals surface area contributed by atoms with Crippen LogP contribution in [0.25, 0.3) is 11.0 Å². The highest BCUT2D eigenvalue weighted by Crippen LogP contribution is 2.45. The number of aromatic amines is 1. The van der Waals surface area contributed by atoms with E-state index in [1.165, 1.54) is 6.42 Å². The average molecular weight is 327 g/mol. The minimum absolute atomic E-state index is 0.176. The number of amides is 1. The van der Waals surface area contributed by atoms with Crippen molar-refractivity contribution in [2.24, 2.45) is 11.3 Å². The second kappa shape index (κ2) is 5.76. The van der Waals surface area contributed by atoms with Gasteiger partial charge in [0.05, 0.1) is 5.39 Å². The van der Waals surface area contributed by atoms with Crippen molar-refractivity contribution in [1.82, 2.24) is 19.9 Å². The van der Waals surface area contributed by atoms with E-state index in [9.17, 15) is 4.79 Å². The zero-order valence-corrected chi connectivity index (χ0v) is 14.5. The number of carbonyl (C=O) groups excluding carboxylic acids is 1. The van der Waals surface area contributed by atoms with Crippen LogP contribution in [0.3, 0.4) is 0 Å². The van der Waals surface area contributed by atoms with Crippen molar-refractivity contribution in [3.05, 3.63) is 18.6 Å². The number of H-pyrrole nitrogens is 1. The van der Waals surface area contributed by atoms with Crippen molar-refractivity contribution < 1.29 is 4.79 Å². The lowest BCUT2D eigenvalue weighted by atomic mass is 9.65. The second-order valence-electron chi connectivity index (χ2n) is 7.29. The van der Waals surface area contributed by atoms with Crippen molar-refractivity contribution in [2.45, 2.75) is 33.1 Å². The van der Waals surface area contributed by atoms with Crippen molar-refractivity contribution >= 4 is 22.8 Å². The number of nitrogens with zero attached hydrogens (tertiary/aromatic N) is 4. The van der Waals surface area contributed by atoms with Gasteiger partial charge in [-0.05, 0) is 31.2 Å². The summed E-state index contributed by atoms with van der Waals surface area (Å²) in [5.41, 5.74) is 1.07. The Morgan fingerprint density at radius 1 is 1.33 bits per heavy atom. The molecule has 128 valence electrons. The summed E-state index contributed by atoms with van der Waals surface area (Å²) in [7, 11) is 0. The molecule has 1 amide bonds. The third-order valence-corrected chi connectivity index (χ3v) is 6.15. The Bertz CT molecular complexity index is 757. The molecule has 4 rings (SSSR count). The Balaban J connectivity index is 1.66. The first-order chi connectivity index (χ1) is 11.6. The number of nitrogens with one attached hydrogen (secondary N) is 1. The molecule has 2 aliphatic heterocycles. The van der Waals surface area contributed by atoms with Crippen molar-refractivity contribution in [3.63, 3.8) is 0 Å². The van der Waals surface area contributed by atoms with Crippen molar-refractivity contribution in [1.29, 1.82) is 0 Å². The van der Waals surface area contributed by atoms with E-state index < -0.39 is 0 Å². The number of fused-ring (bicyclic) bond motifs is 2. The third kappa shape index (κ3) is 2.36. The number of anilines is 1. The highest BCUT2D eigenvalue weighted by atomic mass is 16.2. The van der Waals surface area contributed by atoms with Gasteiger partial charge < -0.3 is 14.8 Å². The highest BCUT2D eigenvalue weighted by molar-refractivity contribution is 5.87. The highest BCUT2D eigenvalue weighted by Gasteiger charge is 2.46. The van der Waals surface area contributed by atoms with Gasteiger partial charge in [-0.2, -0.15) is 0 Å². The molecule has 0 radical (unpaired) electrons. The van der Waals surface area contributed by atoms with E-state index >= 15 is 0 Å². The summed E-state index contributed by atoms with van der Waals surface area (Å²) in [5.74, 6) is 1.93. The molecule has 1 N–H and O–H groups in total. The molecule has 0 spiro atoms. The Morgan fingerprint density at radius 2 is 2.17 bits per heavy atom. The summed E-state index contributed by atoms with van der Waals surface area (Å²) >= 11 is 0. The number of aromatic nitrogens is 3. The lowest BCUT2D eigenvalue weighted by Crippen LogP contribution is -2.58. The minimum atomic E-state index is 0.176. The third-order valence-electron chi connectivity index (χ3n) is 6.15. The fourth-order valence-electron chi connectivity index (χ4n) is 4.68. The van der Waals surface area contributed by atoms with Gasteiger partial charge in [0.2, 0.25) is 5.91 Å². The molecule has 0 aliphatic carbocycles. The fourth-order valence-corrected chi connectivity index (χ4v) is 4.68. The Kier molecular flexibility index (Phi) is 3.70. The zero-order chi connectivity index (χ0) is 16.7. The normalized spacial score (nSPS) is 27.3. The first-order valence-electron chi connectivity index (χ1n) is 8.91. The van der Waals surface area contributed by atoms with Gasteiger partial charge in [-0.15, -0.1) is 0 Å². The van der Waals surface area contributed by atoms with Gasteiger partial charge in [-0.3, -0.25) is 4.79 Å². The van der Waals surface area contributed by atoms with Crippen molar-refractivity contribution in [2.75, 3.05) is 31.1 Å². The van der Waals surface area contributed by atoms with Gasteiger partial charge in [0.15, 0.2) is 0 Å². The molecular formula is C18H25N5O. The molecule has 2 aliphatic rings. The molecule has 6 heteroatoms. The summed E-state index contributed by atoms with van der Waals surface area (Å²) in [6.07, 6.45) is 6.96. The lowest BCUT2D eigenvalue weighted by molar-refractivity contribution is -0.134. The van der Waals surface area contributed by atoms with Crippen LogP contribution in [0.2, 0.25) is 0 Å². The Morgan fingerprint density at radius 3 is 2.96 bits per heavy atom. The smallest absolute Gasteiger partial charge is 0.219 e. The number of likely N-dealkylation sites (tertiary alicyclic amines) is 1. The SMILES string of the molecule is CC[C@]12CN(C(C)=O)CCC1CCN(c1ncnc3[nH]ccc13)C2. The van der Waals surface area contributed by atoms with E-state index in [1.807, 2.05) is 11.1 Å². The number of piperidine rings is 2. The van der Waals surface area contributed by atoms with Crippen LogP contribution in [0, 0.1) is 11.3 Å². The second-order valence-corrected chi connectivity index (χ2v) is 7.29. The van der Waals surface area contributed by atoms with E-state index in [4.69, 9.17) is 0 Å². The molecule has 2 aromatic rings. The Labute approximate surface area is 142 Å². The molecule has 6 nitrogen and oxygen atoms in total. The quantitative estimate of drug-likeness (QED) is 0.920. The first kappa shape index (κ1) is 15.4. The number of carbonyl (C=O) groups is 1. The monoisotopic (exact) mass is 327 g/mol. The van der Waals surface area contributed by atoms with Crippen molar-refractivity contribution in [3.8, 4) is 0 Å². The van der Waals surface area contributed by atoms with Gasteiger partial charge >= 0.3 is 0 Å². The lowest BCUT2D eigenvalue weighted by Gasteiger charge is -2.53. The van der Waals surface area contributed by atoms with Crippen LogP contribution in [-0.2, 0) is 4.79 Å². The molecule has 2 fully saturated rings. The van der Waals surface area contributed by atoms with Crippen LogP contribution in [0.1, 0.15) is 33.1 Å². The van der Waals surface area contributed by atoms with E-state index in [1.54, 1.807) is 13.3 Å². The van der Waals surface area contributed by atoms with E-state index in [-0.39, 0.29) is 11.3 Å². The number of hydrogen-bond donors (Lipinski definition) is 1. The van der Waals surface area contributed by atoms with Gasteiger partial charge in [0.25, 0.3) is 0 Å². The first-order valence-corrected chi connectivity index (χ1v) is 8.91. The maximum absolute atomic E-state index is 11.9. The zero-order valence-electron chi connectivity index (χ0n) is 14.5. The van der Waals surface area contributed by atoms with Gasteiger partial charge in [0.1, 0.15) is 17.8 Å². The topological polar surface area (TPSA) is 65.1 Å². The van der Waals surface area contributed by atoms with E-state index in [0.717, 1.165) is 55.9 Å². The Hall–Kier alpha value is -2.11. The van der Waals surface area contributed by atoms with Gasteiger partial charge in [0, 0.05) is 44.7 Å². The molecule has 0 aromatic carbocycles. The largest absolute Gasteiger partial charge is 0.355 e. The molecule has 2 saturated heterocycles. The van der Waals surface area contributed by atoms with Gasteiger partial charge in [-0.1, -0.05) is 6.92 Å². The predicted molar refractivity (Wildman–Crippen MR) is 93.8 cm³/mol. The van der Waals surface area contributed by atoms with Gasteiger partial charge in [-0.25, -0.2) is 9.97 Å². The maximum atomic E-state index is 11.9. The van der Waals surface area contributed by atoms with Crippen LogP contribution in [-0.4, -0.2) is 51.9 Å². The summed E-state index contributed by atoms with van der Waals surface area (Å²) < 4.78 is 0. The molecule has 0 saturated carbocycles. The molecular weight excluding hydrogens is 302 g/mol. The maximum Gasteiger partial charge on any atom is 0.219 e. The van der Waals surface area contributed by atoms with E-state index in [0.29, 0.717) is 5.92 Å². The average Bonchev–Trinajstić information content (AvgIpc) is 3.09.